The van der Waals surface area contributed by atoms with E-state index in [1.165, 1.54) is 6.92 Å². The quantitative estimate of drug-likeness (QED) is 0.423. The SMILES string of the molecule is C=O.CC(=O)CC(=O)ONC(N)=O. The van der Waals surface area contributed by atoms with Crippen molar-refractivity contribution >= 4 is 24.6 Å². The highest BCUT2D eigenvalue weighted by Crippen LogP contribution is 1.84. The smallest absolute Gasteiger partial charge is 0.345 e. The van der Waals surface area contributed by atoms with E-state index in [4.69, 9.17) is 4.79 Å². The van der Waals surface area contributed by atoms with Gasteiger partial charge in [0.25, 0.3) is 0 Å². The molecule has 7 heteroatoms. The Labute approximate surface area is 74.2 Å². The maximum atomic E-state index is 10.4. The Hall–Kier alpha value is -1.92. The summed E-state index contributed by atoms with van der Waals surface area (Å²) >= 11 is 0. The zero-order valence-corrected chi connectivity index (χ0v) is 7.03. The van der Waals surface area contributed by atoms with E-state index in [2.05, 4.69) is 10.6 Å². The fraction of sp³-hybridized carbons (Fsp3) is 0.333. The van der Waals surface area contributed by atoms with Crippen LogP contribution in [0.15, 0.2) is 0 Å². The van der Waals surface area contributed by atoms with Crippen molar-refractivity contribution in [2.75, 3.05) is 0 Å². The van der Waals surface area contributed by atoms with Crippen molar-refractivity contribution in [3.63, 3.8) is 0 Å². The van der Waals surface area contributed by atoms with E-state index < -0.39 is 12.0 Å². The molecule has 0 saturated heterocycles. The van der Waals surface area contributed by atoms with E-state index >= 15 is 0 Å². The number of nitrogens with two attached hydrogens (primary N) is 1. The number of carbonyl (C=O) groups is 4. The Balaban J connectivity index is 0. The highest BCUT2D eigenvalue weighted by Gasteiger charge is 2.06. The van der Waals surface area contributed by atoms with Gasteiger partial charge in [-0.1, -0.05) is 0 Å². The molecule has 0 unspecified atom stereocenters. The average molecular weight is 190 g/mol. The van der Waals surface area contributed by atoms with Gasteiger partial charge < -0.3 is 15.4 Å². The number of amides is 2. The molecule has 3 N–H and O–H groups in total. The van der Waals surface area contributed by atoms with E-state index in [9.17, 15) is 14.4 Å². The van der Waals surface area contributed by atoms with Gasteiger partial charge in [0.2, 0.25) is 0 Å². The van der Waals surface area contributed by atoms with Gasteiger partial charge in [-0.25, -0.2) is 9.59 Å². The summed E-state index contributed by atoms with van der Waals surface area (Å²) in [4.78, 5) is 42.7. The lowest BCUT2D eigenvalue weighted by Gasteiger charge is -1.99. The Bertz CT molecular complexity index is 203. The number of rotatable bonds is 2. The average Bonchev–Trinajstić information content (AvgIpc) is 2.03. The molecule has 0 aliphatic rings. The summed E-state index contributed by atoms with van der Waals surface area (Å²) in [6, 6.07) is -0.984. The van der Waals surface area contributed by atoms with Crippen LogP contribution in [-0.4, -0.2) is 24.6 Å². The zero-order valence-electron chi connectivity index (χ0n) is 7.03. The Kier molecular flexibility index (Phi) is 8.59. The lowest BCUT2D eigenvalue weighted by atomic mass is 10.3. The van der Waals surface area contributed by atoms with Crippen LogP contribution in [0.2, 0.25) is 0 Å². The number of ketones is 1. The molecule has 74 valence electrons. The summed E-state index contributed by atoms with van der Waals surface area (Å²) in [5, 5.41) is 0. The van der Waals surface area contributed by atoms with Gasteiger partial charge in [-0.05, 0) is 6.92 Å². The first-order chi connectivity index (χ1) is 6.02. The molecular weight excluding hydrogens is 180 g/mol. The first-order valence-electron chi connectivity index (χ1n) is 3.06. The van der Waals surface area contributed by atoms with Gasteiger partial charge in [0.15, 0.2) is 0 Å². The normalized spacial score (nSPS) is 7.46. The first kappa shape index (κ1) is 13.7. The molecule has 0 spiro atoms. The highest BCUT2D eigenvalue weighted by molar-refractivity contribution is 5.94. The highest BCUT2D eigenvalue weighted by atomic mass is 16.7. The third kappa shape index (κ3) is 13.1. The maximum Gasteiger partial charge on any atom is 0.345 e. The summed E-state index contributed by atoms with van der Waals surface area (Å²) in [6.45, 7) is 3.23. The van der Waals surface area contributed by atoms with Gasteiger partial charge in [-0.2, -0.15) is 5.48 Å². The van der Waals surface area contributed by atoms with Crippen molar-refractivity contribution in [2.24, 2.45) is 5.73 Å². The van der Waals surface area contributed by atoms with E-state index in [1.54, 1.807) is 5.48 Å². The van der Waals surface area contributed by atoms with E-state index in [0.717, 1.165) is 0 Å². The summed E-state index contributed by atoms with van der Waals surface area (Å²) in [6.07, 6.45) is -0.375. The van der Waals surface area contributed by atoms with Gasteiger partial charge in [0.05, 0.1) is 0 Å². The number of urea groups is 1. The van der Waals surface area contributed by atoms with Gasteiger partial charge >= 0.3 is 12.0 Å². The van der Waals surface area contributed by atoms with Crippen LogP contribution in [0.1, 0.15) is 13.3 Å². The first-order valence-corrected chi connectivity index (χ1v) is 3.06. The Morgan fingerprint density at radius 3 is 2.15 bits per heavy atom. The summed E-state index contributed by atoms with van der Waals surface area (Å²) in [5.74, 6) is -1.18. The minimum absolute atomic E-state index is 0.346. The number of hydroxylamine groups is 1. The van der Waals surface area contributed by atoms with Crippen molar-refractivity contribution in [1.29, 1.82) is 0 Å². The molecule has 0 aliphatic heterocycles. The summed E-state index contributed by atoms with van der Waals surface area (Å²) in [7, 11) is 0. The molecule has 0 rings (SSSR count). The molecule has 0 atom stereocenters. The summed E-state index contributed by atoms with van der Waals surface area (Å²) < 4.78 is 0. The van der Waals surface area contributed by atoms with Crippen LogP contribution < -0.4 is 11.2 Å². The van der Waals surface area contributed by atoms with Crippen molar-refractivity contribution in [1.82, 2.24) is 5.48 Å². The second kappa shape index (κ2) is 8.18. The largest absolute Gasteiger partial charge is 0.349 e. The molecule has 2 amide bonds. The molecule has 7 nitrogen and oxygen atoms in total. The lowest BCUT2D eigenvalue weighted by molar-refractivity contribution is -0.150. The Morgan fingerprint density at radius 2 is 1.85 bits per heavy atom. The Morgan fingerprint density at radius 1 is 1.38 bits per heavy atom. The minimum Gasteiger partial charge on any atom is -0.349 e. The third-order valence-corrected chi connectivity index (χ3v) is 0.659. The van der Waals surface area contributed by atoms with Crippen LogP contribution in [0.4, 0.5) is 4.79 Å². The fourth-order valence-corrected chi connectivity index (χ4v) is 0.347. The van der Waals surface area contributed by atoms with Gasteiger partial charge in [-0.15, -0.1) is 0 Å². The van der Waals surface area contributed by atoms with Crippen molar-refractivity contribution in [2.45, 2.75) is 13.3 Å². The third-order valence-electron chi connectivity index (χ3n) is 0.659. The van der Waals surface area contributed by atoms with Crippen molar-refractivity contribution < 1.29 is 24.0 Å². The molecule has 0 heterocycles. The number of Topliss-reactive ketones (excluding diaryl/α,β-unsaturated/α-hetero) is 1. The standard InChI is InChI=1S/C5H8N2O4.CH2O/c1-3(8)2-4(9)11-7-5(6)10;1-2/h2H2,1H3,(H3,6,7,10);1H2. The van der Waals surface area contributed by atoms with Gasteiger partial charge in [0, 0.05) is 0 Å². The molecule has 0 saturated carbocycles. The maximum absolute atomic E-state index is 10.4. The molecule has 0 bridgehead atoms. The van der Waals surface area contributed by atoms with Crippen LogP contribution in [0.5, 0.6) is 0 Å². The van der Waals surface area contributed by atoms with Gasteiger partial charge in [0.1, 0.15) is 19.0 Å². The second-order valence-corrected chi connectivity index (χ2v) is 1.82. The van der Waals surface area contributed by atoms with Crippen LogP contribution >= 0.6 is 0 Å². The van der Waals surface area contributed by atoms with E-state index in [1.807, 2.05) is 6.79 Å². The number of carbonyl (C=O) groups excluding carboxylic acids is 4. The topological polar surface area (TPSA) is 116 Å². The molecule has 0 aliphatic carbocycles. The molecule has 0 radical (unpaired) electrons. The fourth-order valence-electron chi connectivity index (χ4n) is 0.347. The number of nitrogens with one attached hydrogen (secondary N) is 1. The number of hydrogen-bond acceptors (Lipinski definition) is 5. The van der Waals surface area contributed by atoms with Crippen LogP contribution in [0.25, 0.3) is 0 Å². The molecule has 0 fully saturated rings. The van der Waals surface area contributed by atoms with Crippen molar-refractivity contribution in [3.8, 4) is 0 Å². The van der Waals surface area contributed by atoms with Gasteiger partial charge in [-0.3, -0.25) is 4.79 Å². The lowest BCUT2D eigenvalue weighted by Crippen LogP contribution is -2.32. The predicted molar refractivity (Wildman–Crippen MR) is 41.2 cm³/mol. The minimum atomic E-state index is -0.984. The molecule has 13 heavy (non-hydrogen) atoms. The van der Waals surface area contributed by atoms with E-state index in [-0.39, 0.29) is 12.2 Å². The molecule has 0 aromatic carbocycles. The molecular formula is C6H10N2O5. The predicted octanol–water partition coefficient (Wildman–Crippen LogP) is -1.09. The van der Waals surface area contributed by atoms with E-state index in [0.29, 0.717) is 0 Å². The number of primary amides is 1. The summed E-state index contributed by atoms with van der Waals surface area (Å²) in [5.41, 5.74) is 6.15. The van der Waals surface area contributed by atoms with Crippen LogP contribution in [0, 0.1) is 0 Å². The number of hydrogen-bond donors (Lipinski definition) is 2. The monoisotopic (exact) mass is 190 g/mol. The molecule has 0 aromatic heterocycles. The second-order valence-electron chi connectivity index (χ2n) is 1.82. The zero-order chi connectivity index (χ0) is 10.9. The molecule has 0 aromatic rings. The van der Waals surface area contributed by atoms with Crippen LogP contribution in [-0.2, 0) is 19.2 Å². The van der Waals surface area contributed by atoms with Crippen LogP contribution in [0.3, 0.4) is 0 Å². The van der Waals surface area contributed by atoms with Crippen molar-refractivity contribution in [3.05, 3.63) is 0 Å².